The molecular weight excluding hydrogens is 530 g/mol. The standard InChI is InChI=1S/C30H29N3O6S/c1-18-5-7-22(15-19(18)2)31-26-27(30(36)33(29(26)35)13-4-14-37-3)40-23-10-8-21(9-11-23)32-28(34)20-6-12-24-25(16-20)39-17-38-24/h5-12,15-16,31H,4,13-14,17H2,1-3H3,(H,32,34). The molecule has 0 aromatic heterocycles. The molecule has 0 saturated heterocycles. The molecule has 0 spiro atoms. The van der Waals surface area contributed by atoms with E-state index < -0.39 is 0 Å². The molecule has 3 amide bonds. The molecule has 0 bridgehead atoms. The smallest absolute Gasteiger partial charge is 0.278 e. The first-order chi connectivity index (χ1) is 19.3. The van der Waals surface area contributed by atoms with Crippen LogP contribution in [-0.2, 0) is 14.3 Å². The van der Waals surface area contributed by atoms with E-state index in [1.54, 1.807) is 49.6 Å². The van der Waals surface area contributed by atoms with E-state index >= 15 is 0 Å². The van der Waals surface area contributed by atoms with E-state index in [4.69, 9.17) is 14.2 Å². The van der Waals surface area contributed by atoms with Gasteiger partial charge in [0, 0.05) is 42.1 Å². The topological polar surface area (TPSA) is 106 Å². The summed E-state index contributed by atoms with van der Waals surface area (Å²) in [6.45, 7) is 4.85. The third-order valence-corrected chi connectivity index (χ3v) is 7.69. The minimum Gasteiger partial charge on any atom is -0.454 e. The average Bonchev–Trinajstić information content (AvgIpc) is 3.50. The summed E-state index contributed by atoms with van der Waals surface area (Å²) in [6, 6.07) is 17.9. The number of nitrogens with zero attached hydrogens (tertiary/aromatic N) is 1. The second-order valence-corrected chi connectivity index (χ2v) is 10.5. The molecule has 0 unspecified atom stereocenters. The summed E-state index contributed by atoms with van der Waals surface area (Å²) in [5.41, 5.74) is 4.22. The predicted octanol–water partition coefficient (Wildman–Crippen LogP) is 5.11. The molecule has 9 nitrogen and oxygen atoms in total. The Balaban J connectivity index is 1.33. The maximum atomic E-state index is 13.4. The maximum absolute atomic E-state index is 13.4. The highest BCUT2D eigenvalue weighted by molar-refractivity contribution is 8.04. The van der Waals surface area contributed by atoms with E-state index in [0.717, 1.165) is 21.7 Å². The summed E-state index contributed by atoms with van der Waals surface area (Å²) in [5.74, 6) is 0.136. The summed E-state index contributed by atoms with van der Waals surface area (Å²) < 4.78 is 15.8. The molecule has 40 heavy (non-hydrogen) atoms. The van der Waals surface area contributed by atoms with Crippen LogP contribution in [0, 0.1) is 13.8 Å². The Bertz CT molecular complexity index is 1500. The van der Waals surface area contributed by atoms with Gasteiger partial charge in [-0.2, -0.15) is 0 Å². The molecule has 10 heteroatoms. The van der Waals surface area contributed by atoms with Crippen molar-refractivity contribution in [3.8, 4) is 11.5 Å². The van der Waals surface area contributed by atoms with Gasteiger partial charge in [-0.25, -0.2) is 0 Å². The number of hydrogen-bond acceptors (Lipinski definition) is 8. The van der Waals surface area contributed by atoms with Gasteiger partial charge in [0.05, 0.1) is 0 Å². The third-order valence-electron chi connectivity index (χ3n) is 6.60. The van der Waals surface area contributed by atoms with E-state index in [-0.39, 0.29) is 36.8 Å². The monoisotopic (exact) mass is 559 g/mol. The van der Waals surface area contributed by atoms with Gasteiger partial charge >= 0.3 is 0 Å². The van der Waals surface area contributed by atoms with Crippen molar-refractivity contribution in [1.29, 1.82) is 0 Å². The molecule has 3 aromatic carbocycles. The Morgan fingerprint density at radius 2 is 1.68 bits per heavy atom. The minimum atomic E-state index is -0.366. The van der Waals surface area contributed by atoms with Crippen LogP contribution in [0.1, 0.15) is 27.9 Å². The number of rotatable bonds is 10. The number of carbonyl (C=O) groups excluding carboxylic acids is 3. The molecule has 0 aliphatic carbocycles. The van der Waals surface area contributed by atoms with Crippen LogP contribution in [0.15, 0.2) is 76.2 Å². The lowest BCUT2D eigenvalue weighted by Gasteiger charge is -2.15. The highest BCUT2D eigenvalue weighted by Gasteiger charge is 2.38. The quantitative estimate of drug-likeness (QED) is 0.261. The molecule has 2 N–H and O–H groups in total. The van der Waals surface area contributed by atoms with Crippen LogP contribution < -0.4 is 20.1 Å². The number of methoxy groups -OCH3 is 1. The lowest BCUT2D eigenvalue weighted by Crippen LogP contribution is -2.33. The number of hydrogen-bond donors (Lipinski definition) is 2. The fourth-order valence-electron chi connectivity index (χ4n) is 4.26. The fourth-order valence-corrected chi connectivity index (χ4v) is 5.20. The number of imide groups is 1. The number of anilines is 2. The Morgan fingerprint density at radius 1 is 0.925 bits per heavy atom. The molecule has 5 rings (SSSR count). The molecule has 206 valence electrons. The summed E-state index contributed by atoms with van der Waals surface area (Å²) in [5, 5.41) is 6.06. The van der Waals surface area contributed by atoms with Crippen LogP contribution in [0.3, 0.4) is 0 Å². The number of aryl methyl sites for hydroxylation is 2. The van der Waals surface area contributed by atoms with Crippen molar-refractivity contribution >= 4 is 40.9 Å². The molecule has 3 aromatic rings. The molecule has 2 heterocycles. The SMILES string of the molecule is COCCCN1C(=O)C(Nc2ccc(C)c(C)c2)=C(Sc2ccc(NC(=O)c3ccc4c(c3)OCO4)cc2)C1=O. The molecule has 0 radical (unpaired) electrons. The Morgan fingerprint density at radius 3 is 2.42 bits per heavy atom. The van der Waals surface area contributed by atoms with Crippen molar-refractivity contribution in [2.75, 3.05) is 37.7 Å². The highest BCUT2D eigenvalue weighted by Crippen LogP contribution is 2.37. The first-order valence-corrected chi connectivity index (χ1v) is 13.6. The van der Waals surface area contributed by atoms with Crippen molar-refractivity contribution in [2.45, 2.75) is 25.2 Å². The van der Waals surface area contributed by atoms with Crippen molar-refractivity contribution in [1.82, 2.24) is 4.90 Å². The Hall–Kier alpha value is -4.28. The van der Waals surface area contributed by atoms with Gasteiger partial charge in [-0.05, 0) is 86.0 Å². The molecule has 2 aliphatic rings. The second-order valence-electron chi connectivity index (χ2n) is 9.39. The first-order valence-electron chi connectivity index (χ1n) is 12.8. The number of amides is 3. The van der Waals surface area contributed by atoms with Crippen molar-refractivity contribution in [2.24, 2.45) is 0 Å². The largest absolute Gasteiger partial charge is 0.454 e. The lowest BCUT2D eigenvalue weighted by atomic mass is 10.1. The number of nitrogens with one attached hydrogen (secondary N) is 2. The van der Waals surface area contributed by atoms with Crippen LogP contribution in [-0.4, -0.2) is 49.7 Å². The highest BCUT2D eigenvalue weighted by atomic mass is 32.2. The molecule has 0 atom stereocenters. The van der Waals surface area contributed by atoms with Crippen LogP contribution in [0.4, 0.5) is 11.4 Å². The minimum absolute atomic E-state index is 0.136. The number of benzene rings is 3. The number of thioether (sulfide) groups is 1. The molecule has 0 saturated carbocycles. The van der Waals surface area contributed by atoms with Crippen molar-refractivity contribution in [3.05, 3.63) is 88.0 Å². The van der Waals surface area contributed by atoms with Gasteiger partial charge in [-0.3, -0.25) is 19.3 Å². The van der Waals surface area contributed by atoms with Gasteiger partial charge < -0.3 is 24.8 Å². The van der Waals surface area contributed by atoms with Crippen LogP contribution in [0.25, 0.3) is 0 Å². The van der Waals surface area contributed by atoms with Gasteiger partial charge in [0.2, 0.25) is 6.79 Å². The molecular formula is C30H29N3O6S. The van der Waals surface area contributed by atoms with E-state index in [1.807, 2.05) is 32.0 Å². The number of carbonyl (C=O) groups is 3. The zero-order valence-electron chi connectivity index (χ0n) is 22.4. The van der Waals surface area contributed by atoms with Gasteiger partial charge in [0.25, 0.3) is 17.7 Å². The van der Waals surface area contributed by atoms with E-state index in [2.05, 4.69) is 10.6 Å². The van der Waals surface area contributed by atoms with E-state index in [9.17, 15) is 14.4 Å². The average molecular weight is 560 g/mol. The summed E-state index contributed by atoms with van der Waals surface area (Å²) in [7, 11) is 1.58. The zero-order chi connectivity index (χ0) is 28.2. The van der Waals surface area contributed by atoms with Gasteiger partial charge in [0.1, 0.15) is 10.6 Å². The van der Waals surface area contributed by atoms with Crippen LogP contribution in [0.5, 0.6) is 11.5 Å². The summed E-state index contributed by atoms with van der Waals surface area (Å²) in [4.78, 5) is 41.7. The van der Waals surface area contributed by atoms with Crippen molar-refractivity contribution in [3.63, 3.8) is 0 Å². The van der Waals surface area contributed by atoms with Crippen LogP contribution >= 0.6 is 11.8 Å². The predicted molar refractivity (Wildman–Crippen MR) is 153 cm³/mol. The molecule has 2 aliphatic heterocycles. The molecule has 0 fully saturated rings. The first kappa shape index (κ1) is 27.3. The van der Waals surface area contributed by atoms with Gasteiger partial charge in [0.15, 0.2) is 11.5 Å². The summed E-state index contributed by atoms with van der Waals surface area (Å²) in [6.07, 6.45) is 0.542. The second kappa shape index (κ2) is 11.8. The van der Waals surface area contributed by atoms with E-state index in [0.29, 0.717) is 40.7 Å². The lowest BCUT2D eigenvalue weighted by molar-refractivity contribution is -0.137. The van der Waals surface area contributed by atoms with E-state index in [1.165, 1.54) is 16.7 Å². The number of ether oxygens (including phenoxy) is 3. The summed E-state index contributed by atoms with van der Waals surface area (Å²) >= 11 is 1.21. The normalized spacial score (nSPS) is 14.2. The van der Waals surface area contributed by atoms with Crippen molar-refractivity contribution < 1.29 is 28.6 Å². The zero-order valence-corrected chi connectivity index (χ0v) is 23.2. The van der Waals surface area contributed by atoms with Gasteiger partial charge in [-0.15, -0.1) is 0 Å². The van der Waals surface area contributed by atoms with Crippen LogP contribution in [0.2, 0.25) is 0 Å². The third kappa shape index (κ3) is 5.83. The Labute approximate surface area is 236 Å². The maximum Gasteiger partial charge on any atom is 0.278 e. The fraction of sp³-hybridized carbons (Fsp3) is 0.233. The number of fused-ring (bicyclic) bond motifs is 1. The van der Waals surface area contributed by atoms with Gasteiger partial charge in [-0.1, -0.05) is 17.8 Å². The Kier molecular flexibility index (Phi) is 8.09.